The van der Waals surface area contributed by atoms with E-state index in [-0.39, 0.29) is 38.6 Å². The van der Waals surface area contributed by atoms with E-state index in [9.17, 15) is 19.5 Å². The van der Waals surface area contributed by atoms with E-state index in [0.717, 1.165) is 57.8 Å². The van der Waals surface area contributed by atoms with Crippen LogP contribution in [0, 0.1) is 0 Å². The fourth-order valence-electron chi connectivity index (χ4n) is 7.33. The third-order valence-electron chi connectivity index (χ3n) is 11.5. The first kappa shape index (κ1) is 63.7. The molecule has 0 radical (unpaired) electrons. The van der Waals surface area contributed by atoms with Gasteiger partial charge in [-0.25, -0.2) is 0 Å². The fourth-order valence-corrected chi connectivity index (χ4v) is 7.33. The SMILES string of the molecule is CC/C=C\C/C=C\C/C=C\C/C=C\C/C=C\C/C=C\CCC(=O)OC(COC(=O)CCCCCCCCCCCCCCCCCCCCCCCCC)COC(OCC[N+](C)(C)C)C(=O)[O-]. The van der Waals surface area contributed by atoms with Crippen LogP contribution in [0.1, 0.15) is 219 Å². The highest BCUT2D eigenvalue weighted by Gasteiger charge is 2.21. The first-order valence-corrected chi connectivity index (χ1v) is 27.1. The second kappa shape index (κ2) is 49.2. The number of unbranched alkanes of at least 4 members (excludes halogenated alkanes) is 22. The molecule has 0 aromatic rings. The van der Waals surface area contributed by atoms with Crippen LogP contribution in [0.4, 0.5) is 0 Å². The van der Waals surface area contributed by atoms with Gasteiger partial charge in [0.1, 0.15) is 13.2 Å². The van der Waals surface area contributed by atoms with Crippen molar-refractivity contribution in [2.45, 2.75) is 232 Å². The molecule has 67 heavy (non-hydrogen) atoms. The van der Waals surface area contributed by atoms with E-state index < -0.39 is 24.3 Å². The Morgan fingerprint density at radius 3 is 1.24 bits per heavy atom. The number of quaternary nitrogens is 1. The second-order valence-corrected chi connectivity index (χ2v) is 19.1. The predicted molar refractivity (Wildman–Crippen MR) is 278 cm³/mol. The molecule has 9 nitrogen and oxygen atoms in total. The number of rotatable bonds is 49. The van der Waals surface area contributed by atoms with Crippen LogP contribution in [0.2, 0.25) is 0 Å². The molecule has 0 fully saturated rings. The molecule has 386 valence electrons. The first-order valence-electron chi connectivity index (χ1n) is 27.1. The lowest BCUT2D eigenvalue weighted by atomic mass is 10.0. The summed E-state index contributed by atoms with van der Waals surface area (Å²) in [6.45, 7) is 4.56. The molecule has 0 aliphatic rings. The molecule has 2 atom stereocenters. The van der Waals surface area contributed by atoms with Gasteiger partial charge in [0.25, 0.3) is 0 Å². The smallest absolute Gasteiger partial charge is 0.306 e. The summed E-state index contributed by atoms with van der Waals surface area (Å²) >= 11 is 0. The average Bonchev–Trinajstić information content (AvgIpc) is 3.29. The lowest BCUT2D eigenvalue weighted by molar-refractivity contribution is -0.870. The number of carbonyl (C=O) groups excluding carboxylic acids is 3. The van der Waals surface area contributed by atoms with E-state index in [1.165, 1.54) is 128 Å². The minimum atomic E-state index is -1.64. The number of hydrogen-bond acceptors (Lipinski definition) is 8. The number of allylic oxidation sites excluding steroid dienone is 12. The van der Waals surface area contributed by atoms with Crippen LogP contribution in [0.5, 0.6) is 0 Å². The highest BCUT2D eigenvalue weighted by molar-refractivity contribution is 5.70. The largest absolute Gasteiger partial charge is 0.545 e. The van der Waals surface area contributed by atoms with Crippen molar-refractivity contribution in [2.75, 3.05) is 47.5 Å². The Morgan fingerprint density at radius 2 is 0.851 bits per heavy atom. The Bertz CT molecular complexity index is 1330. The lowest BCUT2D eigenvalue weighted by Crippen LogP contribution is -2.44. The van der Waals surface area contributed by atoms with Gasteiger partial charge in [-0.05, 0) is 51.4 Å². The summed E-state index contributed by atoms with van der Waals surface area (Å²) in [6.07, 6.45) is 59.7. The van der Waals surface area contributed by atoms with Gasteiger partial charge in [-0.1, -0.05) is 228 Å². The highest BCUT2D eigenvalue weighted by atomic mass is 16.7. The quantitative estimate of drug-likeness (QED) is 0.0195. The van der Waals surface area contributed by atoms with Gasteiger partial charge in [-0.3, -0.25) is 9.59 Å². The maximum absolute atomic E-state index is 12.8. The van der Waals surface area contributed by atoms with Crippen molar-refractivity contribution >= 4 is 17.9 Å². The predicted octanol–water partition coefficient (Wildman–Crippen LogP) is 14.1. The van der Waals surface area contributed by atoms with Crippen LogP contribution >= 0.6 is 0 Å². The third kappa shape index (κ3) is 50.4. The molecule has 0 aliphatic heterocycles. The number of carbonyl (C=O) groups is 3. The molecule has 0 spiro atoms. The van der Waals surface area contributed by atoms with E-state index in [2.05, 4.69) is 74.6 Å². The molecule has 0 aliphatic carbocycles. The van der Waals surface area contributed by atoms with Crippen LogP contribution in [0.15, 0.2) is 72.9 Å². The maximum Gasteiger partial charge on any atom is 0.306 e. The molecule has 0 saturated carbocycles. The van der Waals surface area contributed by atoms with Crippen LogP contribution < -0.4 is 5.11 Å². The summed E-state index contributed by atoms with van der Waals surface area (Å²) in [5, 5.41) is 11.7. The highest BCUT2D eigenvalue weighted by Crippen LogP contribution is 2.16. The monoisotopic (exact) mass is 940 g/mol. The number of carboxylic acid groups (broad SMARTS) is 1. The van der Waals surface area contributed by atoms with Gasteiger partial charge in [-0.2, -0.15) is 0 Å². The zero-order valence-electron chi connectivity index (χ0n) is 43.8. The molecule has 0 rings (SSSR count). The number of esters is 2. The number of likely N-dealkylation sites (N-methyl/N-ethyl adjacent to an activating group) is 1. The summed E-state index contributed by atoms with van der Waals surface area (Å²) in [6, 6.07) is 0. The van der Waals surface area contributed by atoms with Crippen molar-refractivity contribution in [3.05, 3.63) is 72.9 Å². The van der Waals surface area contributed by atoms with Crippen LogP contribution in [0.3, 0.4) is 0 Å². The Hall–Kier alpha value is -3.27. The Kier molecular flexibility index (Phi) is 46.8. The summed E-state index contributed by atoms with van der Waals surface area (Å²) in [4.78, 5) is 37.2. The molecule has 9 heteroatoms. The van der Waals surface area contributed by atoms with Gasteiger partial charge >= 0.3 is 11.9 Å². The molecular formula is C58H101NO8. The van der Waals surface area contributed by atoms with Gasteiger partial charge < -0.3 is 33.3 Å². The van der Waals surface area contributed by atoms with Crippen molar-refractivity contribution in [2.24, 2.45) is 0 Å². The van der Waals surface area contributed by atoms with Gasteiger partial charge in [0, 0.05) is 12.8 Å². The maximum atomic E-state index is 12.8. The van der Waals surface area contributed by atoms with Crippen LogP contribution in [-0.4, -0.2) is 82.3 Å². The molecule has 0 amide bonds. The normalized spacial score (nSPS) is 13.4. The number of carboxylic acids is 1. The number of aliphatic carboxylic acids is 1. The Labute approximate surface area is 411 Å². The number of hydrogen-bond donors (Lipinski definition) is 0. The minimum Gasteiger partial charge on any atom is -0.545 e. The Morgan fingerprint density at radius 1 is 0.463 bits per heavy atom. The van der Waals surface area contributed by atoms with E-state index >= 15 is 0 Å². The molecule has 2 unspecified atom stereocenters. The molecule has 0 aromatic heterocycles. The number of ether oxygens (including phenoxy) is 4. The van der Waals surface area contributed by atoms with Crippen LogP contribution in [-0.2, 0) is 33.3 Å². The summed E-state index contributed by atoms with van der Waals surface area (Å²) in [5.74, 6) is -2.39. The topological polar surface area (TPSA) is 111 Å². The van der Waals surface area contributed by atoms with Crippen molar-refractivity contribution < 1.29 is 42.9 Å². The van der Waals surface area contributed by atoms with E-state index in [1.807, 2.05) is 33.3 Å². The first-order chi connectivity index (χ1) is 32.6. The molecule has 0 heterocycles. The Balaban J connectivity index is 4.37. The molecule has 0 N–H and O–H groups in total. The second-order valence-electron chi connectivity index (χ2n) is 19.1. The zero-order chi connectivity index (χ0) is 49.2. The molecule has 0 aromatic carbocycles. The van der Waals surface area contributed by atoms with Crippen molar-refractivity contribution in [3.8, 4) is 0 Å². The molecule has 0 saturated heterocycles. The van der Waals surface area contributed by atoms with Gasteiger partial charge in [0.15, 0.2) is 12.4 Å². The van der Waals surface area contributed by atoms with Crippen LogP contribution in [0.25, 0.3) is 0 Å². The third-order valence-corrected chi connectivity index (χ3v) is 11.5. The number of nitrogens with zero attached hydrogens (tertiary/aromatic N) is 1. The minimum absolute atomic E-state index is 0.121. The zero-order valence-corrected chi connectivity index (χ0v) is 43.8. The van der Waals surface area contributed by atoms with Crippen molar-refractivity contribution in [3.63, 3.8) is 0 Å². The summed E-state index contributed by atoms with van der Waals surface area (Å²) in [7, 11) is 5.89. The van der Waals surface area contributed by atoms with Gasteiger partial charge in [0.05, 0.1) is 40.3 Å². The molecule has 0 bridgehead atoms. The fraction of sp³-hybridized carbons (Fsp3) is 0.741. The van der Waals surface area contributed by atoms with Crippen molar-refractivity contribution in [1.82, 2.24) is 0 Å². The van der Waals surface area contributed by atoms with Gasteiger partial charge in [0.2, 0.25) is 0 Å². The van der Waals surface area contributed by atoms with Gasteiger partial charge in [-0.15, -0.1) is 0 Å². The lowest BCUT2D eigenvalue weighted by Gasteiger charge is -2.26. The summed E-state index contributed by atoms with van der Waals surface area (Å²) < 4.78 is 22.6. The summed E-state index contributed by atoms with van der Waals surface area (Å²) in [5.41, 5.74) is 0. The van der Waals surface area contributed by atoms with E-state index in [1.54, 1.807) is 0 Å². The van der Waals surface area contributed by atoms with E-state index in [0.29, 0.717) is 17.4 Å². The molecular weight excluding hydrogens is 839 g/mol. The standard InChI is InChI=1S/C58H101NO8/c1-6-8-10-12-14-16-18-20-22-24-26-27-28-29-31-32-34-36-38-40-42-44-46-48-55(60)65-52-54(53-66-58(57(62)63)64-51-50-59(3,4)5)67-56(61)49-47-45-43-41-39-37-35-33-30-25-23-21-19-17-15-13-11-9-7-2/h9,11,15,17,21,23,30,33,37,39,43,45,54,58H,6-8,10,12-14,16,18-20,22,24-29,31-32,34-36,38,40-42,44,46-53H2,1-5H3/b11-9-,17-15-,23-21-,33-30-,39-37-,45-43-. The van der Waals surface area contributed by atoms with E-state index in [4.69, 9.17) is 18.9 Å². The average molecular weight is 940 g/mol. The van der Waals surface area contributed by atoms with Crippen molar-refractivity contribution in [1.29, 1.82) is 0 Å².